The largest absolute Gasteiger partial charge is 0.444 e. The number of Topliss-reactive ketones (excluding diaryl/α,β-unsaturated/α-hetero) is 1. The Bertz CT molecular complexity index is 645. The lowest BCUT2D eigenvalue weighted by Crippen LogP contribution is -2.49. The van der Waals surface area contributed by atoms with Crippen LogP contribution in [0.25, 0.3) is 0 Å². The third kappa shape index (κ3) is 4.47. The lowest BCUT2D eigenvalue weighted by Gasteiger charge is -2.34. The molecule has 1 aromatic rings. The Morgan fingerprint density at radius 1 is 1.33 bits per heavy atom. The summed E-state index contributed by atoms with van der Waals surface area (Å²) in [6.07, 6.45) is -4.93. The summed E-state index contributed by atoms with van der Waals surface area (Å²) < 4.78 is 50.9. The first-order valence-corrected chi connectivity index (χ1v) is 7.33. The summed E-state index contributed by atoms with van der Waals surface area (Å²) >= 11 is 0. The average Bonchev–Trinajstić information content (AvgIpc) is 2.43. The molecule has 1 aromatic carbocycles. The molecule has 1 unspecified atom stereocenters. The van der Waals surface area contributed by atoms with Crippen molar-refractivity contribution in [3.63, 3.8) is 0 Å². The van der Waals surface area contributed by atoms with Crippen LogP contribution >= 0.6 is 0 Å². The number of halogens is 3. The van der Waals surface area contributed by atoms with Crippen LogP contribution < -0.4 is 5.32 Å². The van der Waals surface area contributed by atoms with Crippen molar-refractivity contribution >= 4 is 11.9 Å². The lowest BCUT2D eigenvalue weighted by atomic mass is 9.94. The van der Waals surface area contributed by atoms with Crippen LogP contribution in [0, 0.1) is 11.6 Å². The van der Waals surface area contributed by atoms with Crippen LogP contribution in [0.2, 0.25) is 0 Å². The average molecular weight is 345 g/mol. The van der Waals surface area contributed by atoms with E-state index in [9.17, 15) is 22.8 Å². The highest BCUT2D eigenvalue weighted by molar-refractivity contribution is 5.84. The van der Waals surface area contributed by atoms with Gasteiger partial charge in [-0.05, 0) is 39.0 Å². The minimum absolute atomic E-state index is 0.286. The summed E-state index contributed by atoms with van der Waals surface area (Å²) in [5, 5.41) is 2.36. The van der Waals surface area contributed by atoms with Crippen LogP contribution in [-0.4, -0.2) is 29.9 Å². The van der Waals surface area contributed by atoms with E-state index in [2.05, 4.69) is 5.32 Å². The maximum Gasteiger partial charge on any atom is 0.407 e. The molecule has 0 spiro atoms. The van der Waals surface area contributed by atoms with Crippen LogP contribution in [0.1, 0.15) is 38.9 Å². The van der Waals surface area contributed by atoms with Gasteiger partial charge in [0.1, 0.15) is 23.3 Å². The van der Waals surface area contributed by atoms with Crippen molar-refractivity contribution in [2.24, 2.45) is 0 Å². The molecule has 1 fully saturated rings. The molecule has 1 aliphatic rings. The number of alkyl carbamates (subject to hydrolysis) is 1. The second kappa shape index (κ2) is 6.80. The topological polar surface area (TPSA) is 64.6 Å². The van der Waals surface area contributed by atoms with Gasteiger partial charge in [0, 0.05) is 12.0 Å². The molecule has 0 bridgehead atoms. The van der Waals surface area contributed by atoms with Crippen molar-refractivity contribution in [1.29, 1.82) is 0 Å². The second-order valence-corrected chi connectivity index (χ2v) is 6.46. The first kappa shape index (κ1) is 18.3. The smallest absolute Gasteiger partial charge is 0.407 e. The number of hydrogen-bond acceptors (Lipinski definition) is 4. The van der Waals surface area contributed by atoms with Crippen LogP contribution in [0.5, 0.6) is 0 Å². The zero-order chi connectivity index (χ0) is 18.1. The Hall–Kier alpha value is -2.09. The first-order valence-electron chi connectivity index (χ1n) is 7.33. The number of alkyl halides is 1. The van der Waals surface area contributed by atoms with E-state index in [0.29, 0.717) is 0 Å². The van der Waals surface area contributed by atoms with Crippen molar-refractivity contribution in [2.75, 3.05) is 0 Å². The number of nitrogens with one attached hydrogen (secondary N) is 1. The Kier molecular flexibility index (Phi) is 5.17. The molecule has 1 saturated heterocycles. The van der Waals surface area contributed by atoms with Gasteiger partial charge in [-0.1, -0.05) is 0 Å². The van der Waals surface area contributed by atoms with E-state index in [1.165, 1.54) is 0 Å². The number of benzene rings is 1. The van der Waals surface area contributed by atoms with E-state index in [4.69, 9.17) is 9.47 Å². The lowest BCUT2D eigenvalue weighted by molar-refractivity contribution is -0.166. The molecule has 1 N–H and O–H groups in total. The third-order valence-electron chi connectivity index (χ3n) is 3.27. The molecule has 1 aliphatic heterocycles. The molecule has 1 heterocycles. The molecule has 5 nitrogen and oxygen atoms in total. The van der Waals surface area contributed by atoms with E-state index in [-0.39, 0.29) is 5.56 Å². The summed E-state index contributed by atoms with van der Waals surface area (Å²) in [6, 6.07) is 1.51. The van der Waals surface area contributed by atoms with Gasteiger partial charge in [0.05, 0.1) is 6.04 Å². The van der Waals surface area contributed by atoms with Gasteiger partial charge in [0.15, 0.2) is 5.78 Å². The summed E-state index contributed by atoms with van der Waals surface area (Å²) in [5.41, 5.74) is -1.09. The Balaban J connectivity index is 2.26. The summed E-state index contributed by atoms with van der Waals surface area (Å²) in [5.74, 6) is -2.48. The molecule has 0 aliphatic carbocycles. The molecule has 24 heavy (non-hydrogen) atoms. The summed E-state index contributed by atoms with van der Waals surface area (Å²) in [6.45, 7) is 4.91. The number of hydrogen-bond donors (Lipinski definition) is 1. The summed E-state index contributed by atoms with van der Waals surface area (Å²) in [4.78, 5) is 23.4. The fraction of sp³-hybridized carbons (Fsp3) is 0.500. The van der Waals surface area contributed by atoms with Gasteiger partial charge < -0.3 is 14.8 Å². The molecule has 0 saturated carbocycles. The van der Waals surface area contributed by atoms with Gasteiger partial charge in [-0.15, -0.1) is 0 Å². The highest BCUT2D eigenvalue weighted by atomic mass is 19.1. The minimum Gasteiger partial charge on any atom is -0.444 e. The van der Waals surface area contributed by atoms with Gasteiger partial charge in [-0.2, -0.15) is 0 Å². The normalized spacial score (nSPS) is 24.6. The van der Waals surface area contributed by atoms with Crippen LogP contribution in [-0.2, 0) is 14.3 Å². The Morgan fingerprint density at radius 3 is 2.62 bits per heavy atom. The van der Waals surface area contributed by atoms with Crippen LogP contribution in [0.3, 0.4) is 0 Å². The maximum atomic E-state index is 14.0. The fourth-order valence-corrected chi connectivity index (χ4v) is 2.32. The zero-order valence-corrected chi connectivity index (χ0v) is 13.4. The molecule has 2 rings (SSSR count). The van der Waals surface area contributed by atoms with E-state index >= 15 is 0 Å². The van der Waals surface area contributed by atoms with E-state index in [1.54, 1.807) is 20.8 Å². The molecular formula is C16H18F3NO4. The highest BCUT2D eigenvalue weighted by Gasteiger charge is 2.40. The number of amides is 1. The molecular weight excluding hydrogens is 327 g/mol. The Morgan fingerprint density at radius 2 is 2.00 bits per heavy atom. The number of carbonyl (C=O) groups excluding carboxylic acids is 2. The SMILES string of the molecule is CC(C)(C)OC(=O)N[C@H]1CC(=O)C(F)O[C@@H]1c1cc(F)ccc1F. The fourth-order valence-electron chi connectivity index (χ4n) is 2.32. The van der Waals surface area contributed by atoms with Gasteiger partial charge in [0.25, 0.3) is 6.36 Å². The Labute approximate surface area is 137 Å². The van der Waals surface area contributed by atoms with E-state index in [0.717, 1.165) is 18.2 Å². The standard InChI is InChI=1S/C16H18F3NO4/c1-16(2,3)24-15(22)20-11-7-12(21)14(19)23-13(11)9-6-8(17)4-5-10(9)18/h4-6,11,13-14H,7H2,1-3H3,(H,20,22)/t11-,13+,14?/m0/s1. The van der Waals surface area contributed by atoms with Crippen molar-refractivity contribution in [3.8, 4) is 0 Å². The van der Waals surface area contributed by atoms with Crippen molar-refractivity contribution in [3.05, 3.63) is 35.4 Å². The molecule has 0 aromatic heterocycles. The minimum atomic E-state index is -2.27. The van der Waals surface area contributed by atoms with Crippen molar-refractivity contribution < 1.29 is 32.2 Å². The van der Waals surface area contributed by atoms with E-state index < -0.39 is 54.0 Å². The number of ether oxygens (including phenoxy) is 2. The molecule has 8 heteroatoms. The van der Waals surface area contributed by atoms with Gasteiger partial charge in [-0.3, -0.25) is 4.79 Å². The van der Waals surface area contributed by atoms with Crippen molar-refractivity contribution in [1.82, 2.24) is 5.32 Å². The van der Waals surface area contributed by atoms with Gasteiger partial charge in [0.2, 0.25) is 0 Å². The first-order chi connectivity index (χ1) is 11.1. The number of ketones is 1. The highest BCUT2D eigenvalue weighted by Crippen LogP contribution is 2.32. The summed E-state index contributed by atoms with van der Waals surface area (Å²) in [7, 11) is 0. The predicted octanol–water partition coefficient (Wildman–Crippen LogP) is 3.18. The van der Waals surface area contributed by atoms with E-state index in [1.807, 2.05) is 0 Å². The monoisotopic (exact) mass is 345 g/mol. The maximum absolute atomic E-state index is 14.0. The second-order valence-electron chi connectivity index (χ2n) is 6.46. The molecule has 0 radical (unpaired) electrons. The van der Waals surface area contributed by atoms with Gasteiger partial charge in [-0.25, -0.2) is 18.0 Å². The predicted molar refractivity (Wildman–Crippen MR) is 77.9 cm³/mol. The third-order valence-corrected chi connectivity index (χ3v) is 3.27. The van der Waals surface area contributed by atoms with Gasteiger partial charge >= 0.3 is 6.09 Å². The molecule has 3 atom stereocenters. The zero-order valence-electron chi connectivity index (χ0n) is 13.4. The van der Waals surface area contributed by atoms with Crippen LogP contribution in [0.15, 0.2) is 18.2 Å². The quantitative estimate of drug-likeness (QED) is 0.894. The molecule has 132 valence electrons. The molecule has 1 amide bonds. The number of rotatable bonds is 2. The number of carbonyl (C=O) groups is 2. The van der Waals surface area contributed by atoms with Crippen LogP contribution in [0.4, 0.5) is 18.0 Å². The van der Waals surface area contributed by atoms with Crippen molar-refractivity contribution in [2.45, 2.75) is 51.3 Å².